The van der Waals surface area contributed by atoms with Crippen molar-refractivity contribution < 1.29 is 4.79 Å². The lowest BCUT2D eigenvalue weighted by Crippen LogP contribution is -2.34. The van der Waals surface area contributed by atoms with Crippen LogP contribution in [-0.2, 0) is 13.5 Å². The quantitative estimate of drug-likeness (QED) is 0.846. The molecule has 4 rings (SSSR count). The lowest BCUT2D eigenvalue weighted by molar-refractivity contribution is 0.0860. The van der Waals surface area contributed by atoms with Crippen molar-refractivity contribution in [2.75, 3.05) is 19.6 Å². The number of likely N-dealkylation sites (tertiary alicyclic amines) is 1. The van der Waals surface area contributed by atoms with E-state index in [0.29, 0.717) is 5.78 Å². The van der Waals surface area contributed by atoms with Crippen LogP contribution in [0.2, 0.25) is 0 Å². The first kappa shape index (κ1) is 13.1. The van der Waals surface area contributed by atoms with Crippen LogP contribution in [0, 0.1) is 5.92 Å². The second-order valence-corrected chi connectivity index (χ2v) is 6.51. The molecular weight excluding hydrogens is 260 g/mol. The van der Waals surface area contributed by atoms with Crippen molar-refractivity contribution in [1.29, 1.82) is 0 Å². The SMILES string of the molecule is Cn1c2c(c3ccccc31)CCC(CN1CCCC1)C2=O. The number of ketones is 1. The van der Waals surface area contributed by atoms with Crippen LogP contribution in [0.1, 0.15) is 35.3 Å². The van der Waals surface area contributed by atoms with Gasteiger partial charge >= 0.3 is 0 Å². The topological polar surface area (TPSA) is 25.2 Å². The van der Waals surface area contributed by atoms with Crippen molar-refractivity contribution in [1.82, 2.24) is 9.47 Å². The van der Waals surface area contributed by atoms with E-state index in [9.17, 15) is 4.79 Å². The van der Waals surface area contributed by atoms with Gasteiger partial charge in [-0.05, 0) is 50.4 Å². The Morgan fingerprint density at radius 2 is 1.95 bits per heavy atom. The Kier molecular flexibility index (Phi) is 3.11. The molecule has 0 N–H and O–H groups in total. The lowest BCUT2D eigenvalue weighted by Gasteiger charge is -2.26. The molecule has 3 nitrogen and oxygen atoms in total. The van der Waals surface area contributed by atoms with Crippen LogP contribution in [0.15, 0.2) is 24.3 Å². The number of benzene rings is 1. The minimum atomic E-state index is 0.193. The molecule has 2 heterocycles. The predicted octanol–water partition coefficient (Wildman–Crippen LogP) is 3.02. The van der Waals surface area contributed by atoms with Gasteiger partial charge in [0.15, 0.2) is 5.78 Å². The molecule has 0 amide bonds. The van der Waals surface area contributed by atoms with E-state index in [1.807, 2.05) is 7.05 Å². The van der Waals surface area contributed by atoms with Crippen LogP contribution in [0.5, 0.6) is 0 Å². The Morgan fingerprint density at radius 1 is 1.19 bits per heavy atom. The summed E-state index contributed by atoms with van der Waals surface area (Å²) in [6, 6.07) is 8.40. The van der Waals surface area contributed by atoms with E-state index < -0.39 is 0 Å². The molecule has 0 radical (unpaired) electrons. The van der Waals surface area contributed by atoms with Crippen LogP contribution < -0.4 is 0 Å². The summed E-state index contributed by atoms with van der Waals surface area (Å²) in [4.78, 5) is 15.4. The van der Waals surface area contributed by atoms with E-state index >= 15 is 0 Å². The molecule has 0 bridgehead atoms. The number of aryl methyl sites for hydroxylation is 2. The highest BCUT2D eigenvalue weighted by Gasteiger charge is 2.33. The van der Waals surface area contributed by atoms with E-state index in [-0.39, 0.29) is 5.92 Å². The van der Waals surface area contributed by atoms with E-state index in [0.717, 1.165) is 25.1 Å². The van der Waals surface area contributed by atoms with E-state index in [1.54, 1.807) is 0 Å². The molecule has 1 fully saturated rings. The van der Waals surface area contributed by atoms with Gasteiger partial charge in [0.25, 0.3) is 0 Å². The van der Waals surface area contributed by atoms with E-state index in [1.165, 1.54) is 42.4 Å². The molecule has 1 saturated heterocycles. The maximum absolute atomic E-state index is 12.9. The summed E-state index contributed by atoms with van der Waals surface area (Å²) in [5, 5.41) is 1.27. The Labute approximate surface area is 125 Å². The number of Topliss-reactive ketones (excluding diaryl/α,β-unsaturated/α-hetero) is 1. The number of nitrogens with zero attached hydrogens (tertiary/aromatic N) is 2. The number of para-hydroxylation sites is 1. The summed E-state index contributed by atoms with van der Waals surface area (Å²) < 4.78 is 2.11. The number of hydrogen-bond acceptors (Lipinski definition) is 2. The molecule has 3 heteroatoms. The number of hydrogen-bond donors (Lipinski definition) is 0. The highest BCUT2D eigenvalue weighted by molar-refractivity contribution is 6.05. The third-order valence-electron chi connectivity index (χ3n) is 5.24. The smallest absolute Gasteiger partial charge is 0.183 e. The van der Waals surface area contributed by atoms with Crippen molar-refractivity contribution in [3.05, 3.63) is 35.5 Å². The van der Waals surface area contributed by atoms with Gasteiger partial charge in [0.2, 0.25) is 0 Å². The number of aromatic nitrogens is 1. The van der Waals surface area contributed by atoms with Crippen LogP contribution in [0.25, 0.3) is 10.9 Å². The van der Waals surface area contributed by atoms with Gasteiger partial charge in [-0.1, -0.05) is 18.2 Å². The van der Waals surface area contributed by atoms with E-state index in [2.05, 4.69) is 33.7 Å². The average molecular weight is 282 g/mol. The maximum atomic E-state index is 12.9. The van der Waals surface area contributed by atoms with Crippen molar-refractivity contribution in [3.8, 4) is 0 Å². The summed E-state index contributed by atoms with van der Waals surface area (Å²) in [6.07, 6.45) is 4.64. The first-order chi connectivity index (χ1) is 10.3. The average Bonchev–Trinajstić information content (AvgIpc) is 3.10. The number of rotatable bonds is 2. The normalized spacial score (nSPS) is 22.9. The van der Waals surface area contributed by atoms with E-state index in [4.69, 9.17) is 0 Å². The Balaban J connectivity index is 1.70. The monoisotopic (exact) mass is 282 g/mol. The standard InChI is InChI=1S/C18H22N2O/c1-19-16-7-3-2-6-14(16)15-9-8-13(18(21)17(15)19)12-20-10-4-5-11-20/h2-3,6-7,13H,4-5,8-12H2,1H3. The molecule has 0 spiro atoms. The fourth-order valence-electron chi connectivity index (χ4n) is 4.13. The van der Waals surface area contributed by atoms with Crippen molar-refractivity contribution >= 4 is 16.7 Å². The second kappa shape index (κ2) is 4.99. The molecule has 1 aliphatic carbocycles. The van der Waals surface area contributed by atoms with Gasteiger partial charge in [-0.15, -0.1) is 0 Å². The second-order valence-electron chi connectivity index (χ2n) is 6.51. The molecule has 2 aliphatic rings. The van der Waals surface area contributed by atoms with Crippen LogP contribution in [-0.4, -0.2) is 34.9 Å². The number of carbonyl (C=O) groups is 1. The highest BCUT2D eigenvalue weighted by Crippen LogP contribution is 2.34. The Bertz CT molecular complexity index is 695. The summed E-state index contributed by atoms with van der Waals surface area (Å²) in [5.41, 5.74) is 3.43. The molecule has 1 aromatic carbocycles. The van der Waals surface area contributed by atoms with Crippen LogP contribution >= 0.6 is 0 Å². The minimum absolute atomic E-state index is 0.193. The predicted molar refractivity (Wildman–Crippen MR) is 84.7 cm³/mol. The van der Waals surface area contributed by atoms with Crippen molar-refractivity contribution in [2.45, 2.75) is 25.7 Å². The van der Waals surface area contributed by atoms with Gasteiger partial charge in [-0.3, -0.25) is 4.79 Å². The Hall–Kier alpha value is -1.61. The van der Waals surface area contributed by atoms with Crippen LogP contribution in [0.4, 0.5) is 0 Å². The van der Waals surface area contributed by atoms with Crippen LogP contribution in [0.3, 0.4) is 0 Å². The summed E-state index contributed by atoms with van der Waals surface area (Å²) in [6.45, 7) is 3.30. The molecule has 21 heavy (non-hydrogen) atoms. The van der Waals surface area contributed by atoms with Gasteiger partial charge in [-0.2, -0.15) is 0 Å². The number of carbonyl (C=O) groups excluding carboxylic acids is 1. The number of fused-ring (bicyclic) bond motifs is 3. The third-order valence-corrected chi connectivity index (χ3v) is 5.24. The zero-order chi connectivity index (χ0) is 14.4. The third kappa shape index (κ3) is 2.03. The van der Waals surface area contributed by atoms with Gasteiger partial charge < -0.3 is 9.47 Å². The zero-order valence-corrected chi connectivity index (χ0v) is 12.6. The molecule has 1 aromatic heterocycles. The van der Waals surface area contributed by atoms with Gasteiger partial charge in [0.1, 0.15) is 0 Å². The lowest BCUT2D eigenvalue weighted by atomic mass is 9.85. The zero-order valence-electron chi connectivity index (χ0n) is 12.6. The first-order valence-corrected chi connectivity index (χ1v) is 8.08. The maximum Gasteiger partial charge on any atom is 0.183 e. The summed E-state index contributed by atoms with van der Waals surface area (Å²) in [7, 11) is 2.04. The van der Waals surface area contributed by atoms with Crippen molar-refractivity contribution in [2.24, 2.45) is 13.0 Å². The molecule has 2 aromatic rings. The van der Waals surface area contributed by atoms with Crippen molar-refractivity contribution in [3.63, 3.8) is 0 Å². The molecule has 110 valence electrons. The Morgan fingerprint density at radius 3 is 2.76 bits per heavy atom. The molecule has 1 unspecified atom stereocenters. The van der Waals surface area contributed by atoms with Gasteiger partial charge in [0, 0.05) is 30.4 Å². The fourth-order valence-corrected chi connectivity index (χ4v) is 4.13. The molecule has 0 saturated carbocycles. The minimum Gasteiger partial charge on any atom is -0.341 e. The fraction of sp³-hybridized carbons (Fsp3) is 0.500. The first-order valence-electron chi connectivity index (χ1n) is 8.08. The molecule has 1 atom stereocenters. The molecular formula is C18H22N2O. The van der Waals surface area contributed by atoms with Gasteiger partial charge in [0.05, 0.1) is 5.69 Å². The van der Waals surface area contributed by atoms with Gasteiger partial charge in [-0.25, -0.2) is 0 Å². The largest absolute Gasteiger partial charge is 0.341 e. The molecule has 1 aliphatic heterocycles. The summed E-state index contributed by atoms with van der Waals surface area (Å²) >= 11 is 0. The summed E-state index contributed by atoms with van der Waals surface area (Å²) in [5.74, 6) is 0.556. The highest BCUT2D eigenvalue weighted by atomic mass is 16.1.